The van der Waals surface area contributed by atoms with Crippen LogP contribution in [0.15, 0.2) is 22.8 Å². The summed E-state index contributed by atoms with van der Waals surface area (Å²) in [6.07, 6.45) is 0.606. The van der Waals surface area contributed by atoms with Gasteiger partial charge in [-0.25, -0.2) is 14.2 Å². The minimum absolute atomic E-state index is 0.112. The van der Waals surface area contributed by atoms with Gasteiger partial charge in [-0.1, -0.05) is 6.92 Å². The van der Waals surface area contributed by atoms with Crippen molar-refractivity contribution < 1.29 is 18.7 Å². The second-order valence-corrected chi connectivity index (χ2v) is 6.85. The topological polar surface area (TPSA) is 64.8 Å². The number of fused-ring (bicyclic) bond motifs is 1. The fourth-order valence-electron chi connectivity index (χ4n) is 3.16. The molecule has 1 aliphatic rings. The first-order valence-corrected chi connectivity index (χ1v) is 8.90. The lowest BCUT2D eigenvalue weighted by atomic mass is 9.97. The predicted molar refractivity (Wildman–Crippen MR) is 98.4 cm³/mol. The van der Waals surface area contributed by atoms with Gasteiger partial charge < -0.3 is 14.8 Å². The molecule has 2 aromatic rings. The lowest BCUT2D eigenvalue weighted by Gasteiger charge is -2.19. The highest BCUT2D eigenvalue weighted by Gasteiger charge is 2.41. The second kappa shape index (κ2) is 7.46. The first-order chi connectivity index (χ1) is 12.5. The molecule has 1 amide bonds. The van der Waals surface area contributed by atoms with Crippen molar-refractivity contribution >= 4 is 38.3 Å². The van der Waals surface area contributed by atoms with Crippen LogP contribution in [0.2, 0.25) is 0 Å². The van der Waals surface area contributed by atoms with Crippen LogP contribution in [0.5, 0.6) is 11.6 Å². The van der Waals surface area contributed by atoms with Gasteiger partial charge in [-0.2, -0.15) is 0 Å². The van der Waals surface area contributed by atoms with Crippen LogP contribution in [0.25, 0.3) is 15.6 Å². The highest BCUT2D eigenvalue weighted by molar-refractivity contribution is 9.10. The molecule has 3 atom stereocenters. The van der Waals surface area contributed by atoms with Crippen molar-refractivity contribution in [2.45, 2.75) is 25.6 Å². The molecule has 2 heterocycles. The Labute approximate surface area is 158 Å². The fraction of sp³-hybridized carbons (Fsp3) is 0.389. The number of halogens is 2. The quantitative estimate of drug-likeness (QED) is 0.745. The van der Waals surface area contributed by atoms with Gasteiger partial charge in [0.25, 0.3) is 5.91 Å². The first kappa shape index (κ1) is 18.4. The van der Waals surface area contributed by atoms with Crippen molar-refractivity contribution in [1.82, 2.24) is 10.3 Å². The number of pyridine rings is 1. The molecule has 1 aliphatic heterocycles. The van der Waals surface area contributed by atoms with Gasteiger partial charge in [-0.3, -0.25) is 4.79 Å². The number of benzene rings is 1. The van der Waals surface area contributed by atoms with Crippen molar-refractivity contribution in [2.24, 2.45) is 5.92 Å². The van der Waals surface area contributed by atoms with Crippen LogP contribution in [0, 0.1) is 12.5 Å². The number of aromatic nitrogens is 1. The minimum Gasteiger partial charge on any atom is -0.508 e. The number of methoxy groups -OCH3 is 1. The number of amides is 1. The van der Waals surface area contributed by atoms with E-state index in [9.17, 15) is 9.18 Å². The molecule has 0 radical (unpaired) electrons. The molecule has 0 unspecified atom stereocenters. The van der Waals surface area contributed by atoms with E-state index in [1.165, 1.54) is 7.11 Å². The number of hydrogen-bond acceptors (Lipinski definition) is 4. The van der Waals surface area contributed by atoms with Gasteiger partial charge in [0.05, 0.1) is 19.7 Å². The Morgan fingerprint density at radius 1 is 1.42 bits per heavy atom. The Balaban J connectivity index is 1.92. The van der Waals surface area contributed by atoms with Crippen LogP contribution in [0.4, 0.5) is 10.1 Å². The number of nitrogens with zero attached hydrogens (tertiary/aromatic N) is 2. The maximum Gasteiger partial charge on any atom is 0.255 e. The molecule has 1 aromatic carbocycles. The smallest absolute Gasteiger partial charge is 0.255 e. The van der Waals surface area contributed by atoms with E-state index >= 15 is 0 Å². The van der Waals surface area contributed by atoms with Gasteiger partial charge in [0, 0.05) is 22.0 Å². The molecule has 3 rings (SSSR count). The van der Waals surface area contributed by atoms with E-state index in [0.29, 0.717) is 29.1 Å². The molecule has 1 fully saturated rings. The molecule has 0 bridgehead atoms. The third kappa shape index (κ3) is 3.19. The molecular formula is C18H17BrFN3O3. The summed E-state index contributed by atoms with van der Waals surface area (Å²) < 4.78 is 25.7. The summed E-state index contributed by atoms with van der Waals surface area (Å²) in [6, 6.07) is 2.98. The van der Waals surface area contributed by atoms with Crippen LogP contribution in [0.3, 0.4) is 0 Å². The van der Waals surface area contributed by atoms with E-state index in [-0.39, 0.29) is 6.61 Å². The van der Waals surface area contributed by atoms with Crippen LogP contribution >= 0.6 is 15.9 Å². The SMILES string of the molecule is [C-]#[N+]c1cc2c(Br)cnc(OC[C@H]3NC(=O)[C@@H](F)[C@H]3CC)c2cc1OC. The summed E-state index contributed by atoms with van der Waals surface area (Å²) in [7, 11) is 1.49. The third-order valence-corrected chi connectivity index (χ3v) is 5.20. The van der Waals surface area contributed by atoms with Gasteiger partial charge in [-0.05, 0) is 39.9 Å². The lowest BCUT2D eigenvalue weighted by Crippen LogP contribution is -2.34. The second-order valence-electron chi connectivity index (χ2n) is 5.99. The summed E-state index contributed by atoms with van der Waals surface area (Å²) in [6.45, 7) is 9.22. The van der Waals surface area contributed by atoms with Gasteiger partial charge in [0.2, 0.25) is 11.6 Å². The Morgan fingerprint density at radius 2 is 2.19 bits per heavy atom. The van der Waals surface area contributed by atoms with E-state index in [0.717, 1.165) is 9.86 Å². The van der Waals surface area contributed by atoms with Gasteiger partial charge in [-0.15, -0.1) is 0 Å². The van der Waals surface area contributed by atoms with E-state index in [1.54, 1.807) is 18.3 Å². The highest BCUT2D eigenvalue weighted by Crippen LogP contribution is 2.39. The van der Waals surface area contributed by atoms with Gasteiger partial charge in [0.15, 0.2) is 6.17 Å². The van der Waals surface area contributed by atoms with E-state index in [4.69, 9.17) is 16.0 Å². The van der Waals surface area contributed by atoms with Crippen LogP contribution < -0.4 is 14.8 Å². The molecule has 1 saturated heterocycles. The molecule has 0 spiro atoms. The highest BCUT2D eigenvalue weighted by atomic mass is 79.9. The zero-order valence-corrected chi connectivity index (χ0v) is 15.8. The summed E-state index contributed by atoms with van der Waals surface area (Å²) >= 11 is 3.43. The van der Waals surface area contributed by atoms with Crippen LogP contribution in [0.1, 0.15) is 13.3 Å². The van der Waals surface area contributed by atoms with Crippen molar-refractivity contribution in [3.63, 3.8) is 0 Å². The van der Waals surface area contributed by atoms with E-state index in [2.05, 4.69) is 31.1 Å². The number of rotatable bonds is 5. The summed E-state index contributed by atoms with van der Waals surface area (Å²) in [4.78, 5) is 19.3. The Hall–Kier alpha value is -2.40. The molecule has 0 aliphatic carbocycles. The number of carbonyl (C=O) groups excluding carboxylic acids is 1. The number of ether oxygens (including phenoxy) is 2. The molecular weight excluding hydrogens is 405 g/mol. The Bertz CT molecular complexity index is 899. The normalized spacial score (nSPS) is 22.1. The number of hydrogen-bond donors (Lipinski definition) is 1. The molecule has 0 saturated carbocycles. The summed E-state index contributed by atoms with van der Waals surface area (Å²) in [5.74, 6) is -0.263. The molecule has 26 heavy (non-hydrogen) atoms. The maximum atomic E-state index is 13.9. The monoisotopic (exact) mass is 421 g/mol. The van der Waals surface area contributed by atoms with E-state index in [1.807, 2.05) is 6.92 Å². The molecule has 8 heteroatoms. The maximum absolute atomic E-state index is 13.9. The average molecular weight is 422 g/mol. The summed E-state index contributed by atoms with van der Waals surface area (Å²) in [5.41, 5.74) is 0.382. The van der Waals surface area contributed by atoms with Crippen molar-refractivity contribution in [3.05, 3.63) is 34.2 Å². The Morgan fingerprint density at radius 3 is 2.85 bits per heavy atom. The molecule has 1 N–H and O–H groups in total. The van der Waals surface area contributed by atoms with Gasteiger partial charge in [0.1, 0.15) is 12.4 Å². The average Bonchev–Trinajstić information content (AvgIpc) is 2.93. The largest absolute Gasteiger partial charge is 0.508 e. The standard InChI is InChI=1S/C18H17BrFN3O3/c1-4-9-14(23-17(24)16(9)20)8-26-18-11-6-15(25-3)13(21-2)5-10(11)12(19)7-22-18/h5-7,9,14,16H,4,8H2,1,3H3,(H,23,24)/t9-,14+,16-/m0/s1. The zero-order chi connectivity index (χ0) is 18.8. The van der Waals surface area contributed by atoms with Crippen molar-refractivity contribution in [1.29, 1.82) is 0 Å². The number of nitrogens with one attached hydrogen (secondary N) is 1. The molecule has 6 nitrogen and oxygen atoms in total. The third-order valence-electron chi connectivity index (χ3n) is 4.56. The van der Waals surface area contributed by atoms with Crippen molar-refractivity contribution in [2.75, 3.05) is 13.7 Å². The first-order valence-electron chi connectivity index (χ1n) is 8.11. The minimum atomic E-state index is -1.51. The summed E-state index contributed by atoms with van der Waals surface area (Å²) in [5, 5.41) is 4.06. The van der Waals surface area contributed by atoms with Crippen LogP contribution in [-0.4, -0.2) is 36.8 Å². The Kier molecular flexibility index (Phi) is 5.28. The van der Waals surface area contributed by atoms with Crippen LogP contribution in [-0.2, 0) is 4.79 Å². The number of carbonyl (C=O) groups is 1. The zero-order valence-electron chi connectivity index (χ0n) is 14.3. The van der Waals surface area contributed by atoms with Crippen molar-refractivity contribution in [3.8, 4) is 11.6 Å². The van der Waals surface area contributed by atoms with E-state index < -0.39 is 24.0 Å². The number of alkyl halides is 1. The fourth-order valence-corrected chi connectivity index (χ4v) is 3.59. The van der Waals surface area contributed by atoms with Gasteiger partial charge >= 0.3 is 0 Å². The molecule has 136 valence electrons. The lowest BCUT2D eigenvalue weighted by molar-refractivity contribution is -0.123. The molecule has 1 aromatic heterocycles. The predicted octanol–water partition coefficient (Wildman–Crippen LogP) is 3.80.